The van der Waals surface area contributed by atoms with Crippen LogP contribution in [0.15, 0.2) is 43.0 Å². The van der Waals surface area contributed by atoms with E-state index < -0.39 is 0 Å². The summed E-state index contributed by atoms with van der Waals surface area (Å²) >= 11 is 5.80. The summed E-state index contributed by atoms with van der Waals surface area (Å²) in [7, 11) is 0. The van der Waals surface area contributed by atoms with E-state index in [0.29, 0.717) is 17.1 Å². The van der Waals surface area contributed by atoms with E-state index in [1.807, 2.05) is 0 Å². The number of ketones is 1. The first-order valence-corrected chi connectivity index (χ1v) is 4.88. The fourth-order valence-corrected chi connectivity index (χ4v) is 1.49. The first kappa shape index (κ1) is 9.93. The molecule has 0 amide bonds. The van der Waals surface area contributed by atoms with Crippen molar-refractivity contribution in [3.8, 4) is 0 Å². The summed E-state index contributed by atoms with van der Waals surface area (Å²) < 4.78 is 1.73. The SMILES string of the molecule is O=C(Cn1ccnc1)c1cccc(Cl)c1. The van der Waals surface area contributed by atoms with E-state index in [1.54, 1.807) is 47.6 Å². The molecule has 0 unspecified atom stereocenters. The van der Waals surface area contributed by atoms with Gasteiger partial charge in [-0.2, -0.15) is 0 Å². The van der Waals surface area contributed by atoms with Gasteiger partial charge in [-0.25, -0.2) is 4.98 Å². The maximum absolute atomic E-state index is 11.8. The number of hydrogen-bond acceptors (Lipinski definition) is 2. The average molecular weight is 221 g/mol. The van der Waals surface area contributed by atoms with Gasteiger partial charge in [0.15, 0.2) is 5.78 Å². The molecule has 2 rings (SSSR count). The Labute approximate surface area is 92.3 Å². The van der Waals surface area contributed by atoms with Gasteiger partial charge >= 0.3 is 0 Å². The van der Waals surface area contributed by atoms with Gasteiger partial charge in [0.05, 0.1) is 12.9 Å². The molecule has 0 saturated carbocycles. The molecule has 76 valence electrons. The van der Waals surface area contributed by atoms with Crippen LogP contribution in [0.5, 0.6) is 0 Å². The molecule has 4 heteroatoms. The summed E-state index contributed by atoms with van der Waals surface area (Å²) in [6.07, 6.45) is 5.01. The average Bonchev–Trinajstić information content (AvgIpc) is 2.70. The third-order valence-electron chi connectivity index (χ3n) is 2.03. The van der Waals surface area contributed by atoms with E-state index in [-0.39, 0.29) is 5.78 Å². The topological polar surface area (TPSA) is 34.9 Å². The predicted octanol–water partition coefficient (Wildman–Crippen LogP) is 2.42. The molecular formula is C11H9ClN2O. The maximum Gasteiger partial charge on any atom is 0.182 e. The van der Waals surface area contributed by atoms with Crippen molar-refractivity contribution in [2.24, 2.45) is 0 Å². The summed E-state index contributed by atoms with van der Waals surface area (Å²) in [6.45, 7) is 0.292. The summed E-state index contributed by atoms with van der Waals surface area (Å²) in [5.74, 6) is 0.0236. The molecule has 0 atom stereocenters. The maximum atomic E-state index is 11.8. The molecule has 0 aliphatic heterocycles. The van der Waals surface area contributed by atoms with E-state index in [2.05, 4.69) is 4.98 Å². The fourth-order valence-electron chi connectivity index (χ4n) is 1.30. The monoisotopic (exact) mass is 220 g/mol. The molecule has 0 saturated heterocycles. The highest BCUT2D eigenvalue weighted by Gasteiger charge is 2.06. The second-order valence-electron chi connectivity index (χ2n) is 3.17. The Kier molecular flexibility index (Phi) is 2.83. The molecule has 1 aromatic carbocycles. The number of rotatable bonds is 3. The highest BCUT2D eigenvalue weighted by molar-refractivity contribution is 6.31. The number of carbonyl (C=O) groups excluding carboxylic acids is 1. The van der Waals surface area contributed by atoms with Gasteiger partial charge in [0.1, 0.15) is 0 Å². The number of nitrogens with zero attached hydrogens (tertiary/aromatic N) is 2. The highest BCUT2D eigenvalue weighted by Crippen LogP contribution is 2.11. The molecule has 0 fully saturated rings. The van der Waals surface area contributed by atoms with Gasteiger partial charge in [0.2, 0.25) is 0 Å². The second kappa shape index (κ2) is 4.28. The minimum absolute atomic E-state index is 0.0236. The van der Waals surface area contributed by atoms with Crippen molar-refractivity contribution in [1.82, 2.24) is 9.55 Å². The van der Waals surface area contributed by atoms with Gasteiger partial charge in [-0.3, -0.25) is 4.79 Å². The van der Waals surface area contributed by atoms with E-state index >= 15 is 0 Å². The van der Waals surface area contributed by atoms with Crippen molar-refractivity contribution in [2.75, 3.05) is 0 Å². The van der Waals surface area contributed by atoms with Gasteiger partial charge in [0, 0.05) is 23.0 Å². The predicted molar refractivity (Wildman–Crippen MR) is 58.0 cm³/mol. The molecule has 0 N–H and O–H groups in total. The van der Waals surface area contributed by atoms with E-state index in [9.17, 15) is 4.79 Å². The Hall–Kier alpha value is -1.61. The molecule has 0 radical (unpaired) electrons. The van der Waals surface area contributed by atoms with Gasteiger partial charge < -0.3 is 4.57 Å². The number of hydrogen-bond donors (Lipinski definition) is 0. The van der Waals surface area contributed by atoms with Crippen LogP contribution in [-0.4, -0.2) is 15.3 Å². The van der Waals surface area contributed by atoms with Crippen molar-refractivity contribution < 1.29 is 4.79 Å². The lowest BCUT2D eigenvalue weighted by Gasteiger charge is -2.01. The lowest BCUT2D eigenvalue weighted by Crippen LogP contribution is -2.08. The third-order valence-corrected chi connectivity index (χ3v) is 2.27. The van der Waals surface area contributed by atoms with Crippen LogP contribution < -0.4 is 0 Å². The lowest BCUT2D eigenvalue weighted by atomic mass is 10.1. The third kappa shape index (κ3) is 2.44. The van der Waals surface area contributed by atoms with Gasteiger partial charge in [0.25, 0.3) is 0 Å². The molecule has 15 heavy (non-hydrogen) atoms. The summed E-state index contributed by atoms with van der Waals surface area (Å²) in [5.41, 5.74) is 0.621. The molecular weight excluding hydrogens is 212 g/mol. The summed E-state index contributed by atoms with van der Waals surface area (Å²) in [4.78, 5) is 15.6. The molecule has 3 nitrogen and oxygen atoms in total. The largest absolute Gasteiger partial charge is 0.330 e. The Morgan fingerprint density at radius 1 is 1.47 bits per heavy atom. The number of imidazole rings is 1. The number of aromatic nitrogens is 2. The zero-order valence-corrected chi connectivity index (χ0v) is 8.69. The van der Waals surface area contributed by atoms with Gasteiger partial charge in [-0.05, 0) is 12.1 Å². The minimum atomic E-state index is 0.0236. The molecule has 2 aromatic rings. The van der Waals surface area contributed by atoms with Gasteiger partial charge in [-0.1, -0.05) is 23.7 Å². The molecule has 1 aromatic heterocycles. The molecule has 0 bridgehead atoms. The van der Waals surface area contributed by atoms with Crippen LogP contribution in [0.25, 0.3) is 0 Å². The molecule has 0 aliphatic rings. The van der Waals surface area contributed by atoms with Crippen molar-refractivity contribution in [1.29, 1.82) is 0 Å². The zero-order valence-electron chi connectivity index (χ0n) is 7.93. The minimum Gasteiger partial charge on any atom is -0.330 e. The summed E-state index contributed by atoms with van der Waals surface area (Å²) in [5, 5.41) is 0.575. The van der Waals surface area contributed by atoms with Crippen LogP contribution in [0.4, 0.5) is 0 Å². The smallest absolute Gasteiger partial charge is 0.182 e. The molecule has 1 heterocycles. The van der Waals surface area contributed by atoms with Crippen LogP contribution in [0.2, 0.25) is 5.02 Å². The Balaban J connectivity index is 2.15. The molecule has 0 aliphatic carbocycles. The van der Waals surface area contributed by atoms with Gasteiger partial charge in [-0.15, -0.1) is 0 Å². The van der Waals surface area contributed by atoms with Crippen molar-refractivity contribution >= 4 is 17.4 Å². The number of benzene rings is 1. The number of halogens is 1. The lowest BCUT2D eigenvalue weighted by molar-refractivity contribution is 0.0972. The normalized spacial score (nSPS) is 10.2. The van der Waals surface area contributed by atoms with Crippen LogP contribution in [0.1, 0.15) is 10.4 Å². The fraction of sp³-hybridized carbons (Fsp3) is 0.0909. The van der Waals surface area contributed by atoms with Crippen LogP contribution in [0, 0.1) is 0 Å². The molecule has 0 spiro atoms. The van der Waals surface area contributed by atoms with Crippen molar-refractivity contribution in [3.05, 3.63) is 53.6 Å². The van der Waals surface area contributed by atoms with Crippen molar-refractivity contribution in [2.45, 2.75) is 6.54 Å². The van der Waals surface area contributed by atoms with Crippen LogP contribution in [-0.2, 0) is 6.54 Å². The Bertz CT molecular complexity index is 465. The van der Waals surface area contributed by atoms with Crippen LogP contribution >= 0.6 is 11.6 Å². The quantitative estimate of drug-likeness (QED) is 0.745. The first-order chi connectivity index (χ1) is 7.25. The standard InChI is InChI=1S/C11H9ClN2O/c12-10-3-1-2-9(6-10)11(15)7-14-5-4-13-8-14/h1-6,8H,7H2. The summed E-state index contributed by atoms with van der Waals surface area (Å²) in [6, 6.07) is 6.94. The zero-order chi connectivity index (χ0) is 10.7. The van der Waals surface area contributed by atoms with E-state index in [0.717, 1.165) is 0 Å². The Morgan fingerprint density at radius 3 is 3.00 bits per heavy atom. The van der Waals surface area contributed by atoms with Crippen LogP contribution in [0.3, 0.4) is 0 Å². The number of carbonyl (C=O) groups is 1. The Morgan fingerprint density at radius 2 is 2.33 bits per heavy atom. The number of Topliss-reactive ketones (excluding diaryl/α,β-unsaturated/α-hetero) is 1. The second-order valence-corrected chi connectivity index (χ2v) is 3.60. The van der Waals surface area contributed by atoms with E-state index in [4.69, 9.17) is 11.6 Å². The van der Waals surface area contributed by atoms with E-state index in [1.165, 1.54) is 0 Å². The highest BCUT2D eigenvalue weighted by atomic mass is 35.5. The van der Waals surface area contributed by atoms with Crippen molar-refractivity contribution in [3.63, 3.8) is 0 Å². The first-order valence-electron chi connectivity index (χ1n) is 4.50.